The van der Waals surface area contributed by atoms with Crippen molar-refractivity contribution in [3.05, 3.63) is 203 Å². The van der Waals surface area contributed by atoms with Gasteiger partial charge in [-0.1, -0.05) is 229 Å². The molecule has 0 fully saturated rings. The van der Waals surface area contributed by atoms with Gasteiger partial charge in [0.05, 0.1) is 24.3 Å². The zero-order valence-corrected chi connectivity index (χ0v) is 48.1. The molecule has 0 spiro atoms. The predicted molar refractivity (Wildman–Crippen MR) is 322 cm³/mol. The molecule has 0 atom stereocenters. The number of fused-ring (bicyclic) bond motifs is 3. The van der Waals surface area contributed by atoms with Gasteiger partial charge in [-0.3, -0.25) is 0 Å². The van der Waals surface area contributed by atoms with Crippen LogP contribution in [0.4, 0.5) is 0 Å². The van der Waals surface area contributed by atoms with Crippen molar-refractivity contribution in [3.8, 4) is 56.4 Å². The molecule has 0 N–H and O–H groups in total. The van der Waals surface area contributed by atoms with Crippen LogP contribution in [-0.4, -0.2) is 13.2 Å². The Morgan fingerprint density at radius 2 is 0.613 bits per heavy atom. The van der Waals surface area contributed by atoms with Crippen molar-refractivity contribution in [2.45, 2.75) is 125 Å². The molecule has 386 valence electrons. The van der Waals surface area contributed by atoms with Gasteiger partial charge in [-0.25, -0.2) is 0 Å². The van der Waals surface area contributed by atoms with E-state index < -0.39 is 16.3 Å². The van der Waals surface area contributed by atoms with Crippen LogP contribution in [0.15, 0.2) is 170 Å². The molecular weight excluding hydrogens is 955 g/mol. The SMILES string of the molecule is CC(C)c1cc(C(C)C)c(-c2ccc3c(c2OP(c2ccccc2)c2ccccc2)-c2c(ccc(-c4c(C(C)C)cc(C(C)C)cc4C(C)C)c2OP(c2ccccc2)c2ccccc2)OCCCO3)c(C(C)C)c1. The van der Waals surface area contributed by atoms with Crippen molar-refractivity contribution >= 4 is 37.5 Å². The van der Waals surface area contributed by atoms with Gasteiger partial charge in [-0.2, -0.15) is 0 Å². The van der Waals surface area contributed by atoms with Crippen LogP contribution < -0.4 is 39.7 Å². The quantitative estimate of drug-likeness (QED) is 0.0904. The molecule has 0 aromatic heterocycles. The van der Waals surface area contributed by atoms with E-state index in [1.165, 1.54) is 44.5 Å². The van der Waals surface area contributed by atoms with Crippen LogP contribution in [0.3, 0.4) is 0 Å². The van der Waals surface area contributed by atoms with Gasteiger partial charge in [0, 0.05) is 38.8 Å². The molecule has 0 amide bonds. The van der Waals surface area contributed by atoms with Crippen molar-refractivity contribution in [2.75, 3.05) is 13.2 Å². The molecule has 1 aliphatic heterocycles. The molecule has 4 nitrogen and oxygen atoms in total. The Bertz CT molecular complexity index is 2850. The van der Waals surface area contributed by atoms with Crippen LogP contribution >= 0.6 is 16.3 Å². The number of benzene rings is 8. The van der Waals surface area contributed by atoms with E-state index in [0.717, 1.165) is 66.5 Å². The van der Waals surface area contributed by atoms with Crippen molar-refractivity contribution < 1.29 is 18.5 Å². The van der Waals surface area contributed by atoms with E-state index in [1.807, 2.05) is 0 Å². The third-order valence-electron chi connectivity index (χ3n) is 14.4. The Hall–Kier alpha value is -6.18. The molecule has 0 unspecified atom stereocenters. The molecule has 1 heterocycles. The fourth-order valence-electron chi connectivity index (χ4n) is 10.3. The first-order valence-electron chi connectivity index (χ1n) is 27.3. The monoisotopic (exact) mass is 1030 g/mol. The highest BCUT2D eigenvalue weighted by Crippen LogP contribution is 2.60. The number of rotatable bonds is 16. The van der Waals surface area contributed by atoms with E-state index in [1.54, 1.807) is 0 Å². The molecule has 9 rings (SSSR count). The average molecular weight is 1030 g/mol. The highest BCUT2D eigenvalue weighted by atomic mass is 31.1. The lowest BCUT2D eigenvalue weighted by atomic mass is 9.79. The Morgan fingerprint density at radius 1 is 0.333 bits per heavy atom. The van der Waals surface area contributed by atoms with E-state index in [2.05, 4.69) is 253 Å². The lowest BCUT2D eigenvalue weighted by Crippen LogP contribution is -2.17. The summed E-state index contributed by atoms with van der Waals surface area (Å²) in [6.07, 6.45) is 0.702. The summed E-state index contributed by atoms with van der Waals surface area (Å²) in [7, 11) is -2.89. The first-order valence-corrected chi connectivity index (χ1v) is 29.9. The van der Waals surface area contributed by atoms with E-state index >= 15 is 0 Å². The third-order valence-corrected chi connectivity index (χ3v) is 18.2. The first kappa shape index (κ1) is 53.6. The summed E-state index contributed by atoms with van der Waals surface area (Å²) in [5, 5.41) is 4.45. The summed E-state index contributed by atoms with van der Waals surface area (Å²) >= 11 is 0. The van der Waals surface area contributed by atoms with Crippen LogP contribution in [0.25, 0.3) is 33.4 Å². The van der Waals surface area contributed by atoms with E-state index in [4.69, 9.17) is 18.5 Å². The van der Waals surface area contributed by atoms with Crippen LogP contribution in [0.1, 0.15) is 158 Å². The highest BCUT2D eigenvalue weighted by molar-refractivity contribution is 7.69. The lowest BCUT2D eigenvalue weighted by Gasteiger charge is -2.31. The molecule has 75 heavy (non-hydrogen) atoms. The molecule has 0 aliphatic carbocycles. The summed E-state index contributed by atoms with van der Waals surface area (Å²) < 4.78 is 30.5. The largest absolute Gasteiger partial charge is 0.493 e. The maximum Gasteiger partial charge on any atom is 0.150 e. The minimum absolute atomic E-state index is 0.217. The zero-order chi connectivity index (χ0) is 52.9. The van der Waals surface area contributed by atoms with E-state index in [-0.39, 0.29) is 23.7 Å². The minimum Gasteiger partial charge on any atom is -0.493 e. The van der Waals surface area contributed by atoms with Gasteiger partial charge in [0.1, 0.15) is 23.0 Å². The number of hydrogen-bond donors (Lipinski definition) is 0. The first-order chi connectivity index (χ1) is 36.2. The molecule has 6 heteroatoms. The van der Waals surface area contributed by atoms with Gasteiger partial charge in [0.15, 0.2) is 16.3 Å². The molecular formula is C69H76O4P2. The highest BCUT2D eigenvalue weighted by Gasteiger charge is 2.35. The second kappa shape index (κ2) is 23.8. The van der Waals surface area contributed by atoms with Crippen molar-refractivity contribution in [1.29, 1.82) is 0 Å². The minimum atomic E-state index is -1.45. The van der Waals surface area contributed by atoms with Crippen molar-refractivity contribution in [2.24, 2.45) is 0 Å². The van der Waals surface area contributed by atoms with Crippen LogP contribution in [-0.2, 0) is 0 Å². The molecule has 0 radical (unpaired) electrons. The third kappa shape index (κ3) is 11.5. The summed E-state index contributed by atoms with van der Waals surface area (Å²) in [4.78, 5) is 0. The summed E-state index contributed by atoms with van der Waals surface area (Å²) in [6.45, 7) is 28.8. The van der Waals surface area contributed by atoms with Gasteiger partial charge in [0.2, 0.25) is 0 Å². The van der Waals surface area contributed by atoms with Crippen molar-refractivity contribution in [1.82, 2.24) is 0 Å². The molecule has 0 bridgehead atoms. The lowest BCUT2D eigenvalue weighted by molar-refractivity contribution is 0.252. The molecule has 8 aromatic rings. The fraction of sp³-hybridized carbons (Fsp3) is 0.304. The van der Waals surface area contributed by atoms with Gasteiger partial charge in [-0.05, 0) is 104 Å². The van der Waals surface area contributed by atoms with Gasteiger partial charge < -0.3 is 18.5 Å². The number of ether oxygens (including phenoxy) is 2. The molecule has 0 saturated carbocycles. The molecule has 0 saturated heterocycles. The van der Waals surface area contributed by atoms with Crippen LogP contribution in [0.5, 0.6) is 23.0 Å². The molecule has 1 aliphatic rings. The smallest absolute Gasteiger partial charge is 0.150 e. The van der Waals surface area contributed by atoms with E-state index in [9.17, 15) is 0 Å². The maximum atomic E-state index is 8.13. The Morgan fingerprint density at radius 3 is 0.867 bits per heavy atom. The van der Waals surface area contributed by atoms with E-state index in [0.29, 0.717) is 31.5 Å². The molecule has 8 aromatic carbocycles. The normalized spacial score (nSPS) is 12.7. The van der Waals surface area contributed by atoms with Gasteiger partial charge in [-0.15, -0.1) is 0 Å². The van der Waals surface area contributed by atoms with Crippen molar-refractivity contribution in [3.63, 3.8) is 0 Å². The summed E-state index contributed by atoms with van der Waals surface area (Å²) in [5.41, 5.74) is 14.0. The summed E-state index contributed by atoms with van der Waals surface area (Å²) in [6, 6.07) is 61.8. The van der Waals surface area contributed by atoms with Gasteiger partial charge in [0.25, 0.3) is 0 Å². The second-order valence-corrected chi connectivity index (χ2v) is 25.5. The second-order valence-electron chi connectivity index (χ2n) is 21.9. The predicted octanol–water partition coefficient (Wildman–Crippen LogP) is 18.4. The Labute approximate surface area is 451 Å². The van der Waals surface area contributed by atoms with Crippen LogP contribution in [0, 0.1) is 0 Å². The zero-order valence-electron chi connectivity index (χ0n) is 46.3. The number of hydrogen-bond acceptors (Lipinski definition) is 4. The van der Waals surface area contributed by atoms with Crippen LogP contribution in [0.2, 0.25) is 0 Å². The standard InChI is InChI=1S/C69H76O4P2/c1-44(2)50-40-58(46(5)6)64(59(41-50)47(7)8)56-34-36-62-66(68(56)72-74(52-26-17-13-18-27-52)53-28-19-14-20-29-53)67-63(71-39-25-38-70-62)37-35-57(65-60(48(9)10)42-51(45(3)4)43-61(65)49(11)12)69(67)73-75(54-30-21-15-22-31-54)55-32-23-16-24-33-55/h13-24,26-37,40-49H,25,38-39H2,1-12H3. The Balaban J connectivity index is 1.50. The Kier molecular flexibility index (Phi) is 17.0. The summed E-state index contributed by atoms with van der Waals surface area (Å²) in [5.74, 6) is 4.57. The fourth-order valence-corrected chi connectivity index (χ4v) is 13.9. The van der Waals surface area contributed by atoms with Gasteiger partial charge >= 0.3 is 0 Å². The maximum absolute atomic E-state index is 8.13. The average Bonchev–Trinajstić information content (AvgIpc) is 3.51. The topological polar surface area (TPSA) is 36.9 Å².